The largest absolute Gasteiger partial charge is 0.450 e. The van der Waals surface area contributed by atoms with E-state index in [2.05, 4.69) is 52.6 Å². The van der Waals surface area contributed by atoms with E-state index in [4.69, 9.17) is 4.74 Å². The van der Waals surface area contributed by atoms with Gasteiger partial charge in [-0.3, -0.25) is 5.01 Å². The number of hydrazine groups is 1. The van der Waals surface area contributed by atoms with Crippen molar-refractivity contribution < 1.29 is 9.53 Å². The number of nitrogens with zero attached hydrogens (tertiary/aromatic N) is 3. The number of aryl methyl sites for hydroxylation is 1. The molecule has 1 fully saturated rings. The summed E-state index contributed by atoms with van der Waals surface area (Å²) in [6.07, 6.45) is 0.837. The van der Waals surface area contributed by atoms with Crippen LogP contribution in [-0.2, 0) is 17.7 Å². The fourth-order valence-electron chi connectivity index (χ4n) is 3.64. The SMILES string of the molecule is CCOC(=O)N1CCN(N2c3ccccc3NCc3cc(CC)sc32)CC1. The number of thiophene rings is 1. The molecule has 1 amide bonds. The third-order valence-electron chi connectivity index (χ3n) is 5.04. The Morgan fingerprint density at radius 1 is 1.19 bits per heavy atom. The molecule has 1 aromatic heterocycles. The minimum atomic E-state index is -0.208. The molecule has 0 aliphatic carbocycles. The predicted molar refractivity (Wildman–Crippen MR) is 110 cm³/mol. The van der Waals surface area contributed by atoms with E-state index < -0.39 is 0 Å². The van der Waals surface area contributed by atoms with Crippen molar-refractivity contribution in [2.75, 3.05) is 43.1 Å². The number of hydrogen-bond acceptors (Lipinski definition) is 6. The van der Waals surface area contributed by atoms with Gasteiger partial charge in [-0.25, -0.2) is 9.80 Å². The van der Waals surface area contributed by atoms with Crippen LogP contribution in [-0.4, -0.2) is 48.8 Å². The molecule has 0 atom stereocenters. The Hall–Kier alpha value is -2.25. The van der Waals surface area contributed by atoms with Crippen LogP contribution < -0.4 is 10.3 Å². The maximum atomic E-state index is 12.0. The minimum Gasteiger partial charge on any atom is -0.450 e. The second kappa shape index (κ2) is 7.78. The summed E-state index contributed by atoms with van der Waals surface area (Å²) in [6, 6.07) is 10.8. The monoisotopic (exact) mass is 386 g/mol. The normalized spacial score (nSPS) is 17.0. The van der Waals surface area contributed by atoms with E-state index in [1.165, 1.54) is 21.1 Å². The van der Waals surface area contributed by atoms with E-state index in [1.807, 2.05) is 18.3 Å². The van der Waals surface area contributed by atoms with Gasteiger partial charge < -0.3 is 15.0 Å². The van der Waals surface area contributed by atoms with Gasteiger partial charge in [-0.1, -0.05) is 19.1 Å². The highest BCUT2D eigenvalue weighted by molar-refractivity contribution is 7.16. The number of ether oxygens (including phenoxy) is 1. The fourth-order valence-corrected chi connectivity index (χ4v) is 4.79. The summed E-state index contributed by atoms with van der Waals surface area (Å²) in [5.74, 6) is 0. The lowest BCUT2D eigenvalue weighted by molar-refractivity contribution is 0.0799. The number of piperazine rings is 1. The second-order valence-corrected chi connectivity index (χ2v) is 7.83. The smallest absolute Gasteiger partial charge is 0.409 e. The molecule has 2 aliphatic rings. The molecule has 6 nitrogen and oxygen atoms in total. The van der Waals surface area contributed by atoms with Crippen molar-refractivity contribution in [1.29, 1.82) is 0 Å². The van der Waals surface area contributed by atoms with Gasteiger partial charge in [0.15, 0.2) is 0 Å². The number of amides is 1. The first-order chi connectivity index (χ1) is 13.2. The zero-order chi connectivity index (χ0) is 18.8. The van der Waals surface area contributed by atoms with Gasteiger partial charge in [0.2, 0.25) is 0 Å². The van der Waals surface area contributed by atoms with Crippen molar-refractivity contribution in [2.24, 2.45) is 0 Å². The lowest BCUT2D eigenvalue weighted by Gasteiger charge is -2.41. The Morgan fingerprint density at radius 3 is 2.70 bits per heavy atom. The van der Waals surface area contributed by atoms with Crippen LogP contribution in [0.25, 0.3) is 0 Å². The van der Waals surface area contributed by atoms with Gasteiger partial charge in [0.1, 0.15) is 5.00 Å². The Morgan fingerprint density at radius 2 is 1.96 bits per heavy atom. The standard InChI is InChI=1S/C20H26N4O2S/c1-3-16-13-15-14-21-17-7-5-6-8-18(17)24(19(15)27-16)23-11-9-22(10-12-23)20(25)26-4-2/h5-8,13,21H,3-4,9-12,14H2,1-2H3. The Labute approximate surface area is 164 Å². The van der Waals surface area contributed by atoms with E-state index in [-0.39, 0.29) is 6.09 Å². The highest BCUT2D eigenvalue weighted by Gasteiger charge is 2.31. The van der Waals surface area contributed by atoms with E-state index >= 15 is 0 Å². The van der Waals surface area contributed by atoms with Crippen LogP contribution in [0.3, 0.4) is 0 Å². The third-order valence-corrected chi connectivity index (χ3v) is 6.34. The quantitative estimate of drug-likeness (QED) is 0.862. The molecular formula is C20H26N4O2S. The molecule has 1 aromatic carbocycles. The molecule has 7 heteroatoms. The average molecular weight is 387 g/mol. The fraction of sp³-hybridized carbons (Fsp3) is 0.450. The van der Waals surface area contributed by atoms with Gasteiger partial charge in [0.25, 0.3) is 0 Å². The number of fused-ring (bicyclic) bond motifs is 2. The molecule has 27 heavy (non-hydrogen) atoms. The molecule has 4 rings (SSSR count). The Balaban J connectivity index is 1.64. The van der Waals surface area contributed by atoms with E-state index in [1.54, 1.807) is 4.90 Å². The minimum absolute atomic E-state index is 0.208. The predicted octanol–water partition coefficient (Wildman–Crippen LogP) is 4.06. The molecule has 1 N–H and O–H groups in total. The molecule has 1 saturated heterocycles. The molecule has 0 radical (unpaired) electrons. The number of anilines is 3. The Kier molecular flexibility index (Phi) is 5.22. The number of hydrogen-bond donors (Lipinski definition) is 1. The van der Waals surface area contributed by atoms with Gasteiger partial charge >= 0.3 is 6.09 Å². The molecule has 2 aromatic rings. The molecule has 0 spiro atoms. The number of carbonyl (C=O) groups excluding carboxylic acids is 1. The molecule has 0 unspecified atom stereocenters. The maximum Gasteiger partial charge on any atom is 0.409 e. The van der Waals surface area contributed by atoms with Crippen molar-refractivity contribution in [3.63, 3.8) is 0 Å². The Bertz CT molecular complexity index is 814. The van der Waals surface area contributed by atoms with Crippen molar-refractivity contribution in [3.05, 3.63) is 40.8 Å². The van der Waals surface area contributed by atoms with Crippen LogP contribution in [0.1, 0.15) is 24.3 Å². The number of nitrogens with one attached hydrogen (secondary N) is 1. The van der Waals surface area contributed by atoms with E-state index in [9.17, 15) is 4.79 Å². The lowest BCUT2D eigenvalue weighted by Crippen LogP contribution is -2.53. The van der Waals surface area contributed by atoms with Gasteiger partial charge in [0, 0.05) is 43.2 Å². The zero-order valence-electron chi connectivity index (χ0n) is 15.9. The average Bonchev–Trinajstić information content (AvgIpc) is 3.04. The van der Waals surface area contributed by atoms with Crippen LogP contribution in [0.5, 0.6) is 0 Å². The molecule has 144 valence electrons. The van der Waals surface area contributed by atoms with Gasteiger partial charge in [-0.05, 0) is 31.5 Å². The van der Waals surface area contributed by atoms with Crippen molar-refractivity contribution in [2.45, 2.75) is 26.8 Å². The first kappa shape index (κ1) is 18.1. The summed E-state index contributed by atoms with van der Waals surface area (Å²) in [6.45, 7) is 8.22. The summed E-state index contributed by atoms with van der Waals surface area (Å²) in [7, 11) is 0. The van der Waals surface area contributed by atoms with Crippen LogP contribution in [0.2, 0.25) is 0 Å². The van der Waals surface area contributed by atoms with Crippen molar-refractivity contribution >= 4 is 33.8 Å². The van der Waals surface area contributed by atoms with Crippen molar-refractivity contribution in [1.82, 2.24) is 9.91 Å². The topological polar surface area (TPSA) is 48.1 Å². The summed E-state index contributed by atoms with van der Waals surface area (Å²) >= 11 is 1.87. The number of para-hydroxylation sites is 2. The highest BCUT2D eigenvalue weighted by Crippen LogP contribution is 2.43. The third kappa shape index (κ3) is 3.49. The van der Waals surface area contributed by atoms with Gasteiger partial charge in [0.05, 0.1) is 18.0 Å². The van der Waals surface area contributed by atoms with Crippen molar-refractivity contribution in [3.8, 4) is 0 Å². The maximum absolute atomic E-state index is 12.0. The van der Waals surface area contributed by atoms with Gasteiger partial charge in [-0.2, -0.15) is 0 Å². The molecule has 2 aliphatic heterocycles. The summed E-state index contributed by atoms with van der Waals surface area (Å²) in [5, 5.41) is 9.59. The molecule has 3 heterocycles. The summed E-state index contributed by atoms with van der Waals surface area (Å²) < 4.78 is 5.16. The summed E-state index contributed by atoms with van der Waals surface area (Å²) in [5.41, 5.74) is 3.65. The first-order valence-electron chi connectivity index (χ1n) is 9.62. The first-order valence-corrected chi connectivity index (χ1v) is 10.4. The van der Waals surface area contributed by atoms with Gasteiger partial charge in [-0.15, -0.1) is 11.3 Å². The van der Waals surface area contributed by atoms with Crippen LogP contribution >= 0.6 is 11.3 Å². The molecular weight excluding hydrogens is 360 g/mol. The number of carbonyl (C=O) groups is 1. The van der Waals surface area contributed by atoms with Crippen LogP contribution in [0.4, 0.5) is 21.2 Å². The van der Waals surface area contributed by atoms with Crippen LogP contribution in [0.15, 0.2) is 30.3 Å². The second-order valence-electron chi connectivity index (χ2n) is 6.72. The molecule has 0 saturated carbocycles. The number of rotatable bonds is 3. The van der Waals surface area contributed by atoms with E-state index in [0.717, 1.165) is 31.7 Å². The highest BCUT2D eigenvalue weighted by atomic mass is 32.1. The number of benzene rings is 1. The molecule has 0 bridgehead atoms. The summed E-state index contributed by atoms with van der Waals surface area (Å²) in [4.78, 5) is 15.2. The van der Waals surface area contributed by atoms with E-state index in [0.29, 0.717) is 19.7 Å². The lowest BCUT2D eigenvalue weighted by atomic mass is 10.2. The zero-order valence-corrected chi connectivity index (χ0v) is 16.7. The van der Waals surface area contributed by atoms with Crippen LogP contribution in [0, 0.1) is 0 Å².